The lowest BCUT2D eigenvalue weighted by atomic mass is 10.2. The summed E-state index contributed by atoms with van der Waals surface area (Å²) >= 11 is 0. The van der Waals surface area contributed by atoms with Gasteiger partial charge in [-0.2, -0.15) is 0 Å². The van der Waals surface area contributed by atoms with Gasteiger partial charge < -0.3 is 5.32 Å². The van der Waals surface area contributed by atoms with Crippen LogP contribution < -0.4 is 5.32 Å². The predicted octanol–water partition coefficient (Wildman–Crippen LogP) is 2.62. The van der Waals surface area contributed by atoms with Gasteiger partial charge in [0.25, 0.3) is 0 Å². The molecule has 0 aliphatic heterocycles. The number of anilines is 1. The van der Waals surface area contributed by atoms with Crippen LogP contribution in [-0.2, 0) is 6.54 Å². The largest absolute Gasteiger partial charge is 0.371 e. The highest BCUT2D eigenvalue weighted by Crippen LogP contribution is 2.20. The predicted molar refractivity (Wildman–Crippen MR) is 77.6 cm³/mol. The standard InChI is InChI=1S/C13H11F2N5.ClH/c1-16-13-12-11(5-6-17-13)20(19-18-12)7-8-9(14)3-2-4-10(8)15;/h2-6H,7H2,1H3,(H,16,17);1H. The van der Waals surface area contributed by atoms with Crippen molar-refractivity contribution < 1.29 is 8.78 Å². The molecule has 8 heteroatoms. The molecule has 21 heavy (non-hydrogen) atoms. The highest BCUT2D eigenvalue weighted by Gasteiger charge is 2.13. The van der Waals surface area contributed by atoms with Gasteiger partial charge in [0.1, 0.15) is 11.6 Å². The van der Waals surface area contributed by atoms with Gasteiger partial charge in [-0.05, 0) is 18.2 Å². The SMILES string of the molecule is CNc1nccc2c1nnn2Cc1c(F)cccc1F.Cl. The van der Waals surface area contributed by atoms with Gasteiger partial charge in [-0.1, -0.05) is 11.3 Å². The van der Waals surface area contributed by atoms with Crippen molar-refractivity contribution in [2.45, 2.75) is 6.54 Å². The van der Waals surface area contributed by atoms with Gasteiger partial charge in [-0.25, -0.2) is 18.4 Å². The summed E-state index contributed by atoms with van der Waals surface area (Å²) in [7, 11) is 1.72. The first-order chi connectivity index (χ1) is 9.70. The fraction of sp³-hybridized carbons (Fsp3) is 0.154. The lowest BCUT2D eigenvalue weighted by molar-refractivity contribution is 0.532. The number of rotatable bonds is 3. The highest BCUT2D eigenvalue weighted by atomic mass is 35.5. The summed E-state index contributed by atoms with van der Waals surface area (Å²) in [4.78, 5) is 4.11. The number of hydrogen-bond acceptors (Lipinski definition) is 4. The Morgan fingerprint density at radius 1 is 1.19 bits per heavy atom. The number of hydrogen-bond donors (Lipinski definition) is 1. The molecule has 0 bridgehead atoms. The number of benzene rings is 1. The van der Waals surface area contributed by atoms with Crippen LogP contribution in [0.5, 0.6) is 0 Å². The maximum Gasteiger partial charge on any atom is 0.155 e. The van der Waals surface area contributed by atoms with E-state index < -0.39 is 11.6 Å². The van der Waals surface area contributed by atoms with E-state index in [1.807, 2.05) is 0 Å². The fourth-order valence-electron chi connectivity index (χ4n) is 2.03. The van der Waals surface area contributed by atoms with Crippen LogP contribution in [0.4, 0.5) is 14.6 Å². The number of fused-ring (bicyclic) bond motifs is 1. The van der Waals surface area contributed by atoms with Crippen molar-refractivity contribution in [3.63, 3.8) is 0 Å². The van der Waals surface area contributed by atoms with Crippen molar-refractivity contribution in [3.8, 4) is 0 Å². The number of pyridine rings is 1. The van der Waals surface area contributed by atoms with E-state index >= 15 is 0 Å². The summed E-state index contributed by atoms with van der Waals surface area (Å²) in [5.41, 5.74) is 1.18. The van der Waals surface area contributed by atoms with Gasteiger partial charge >= 0.3 is 0 Å². The monoisotopic (exact) mass is 311 g/mol. The number of nitrogens with one attached hydrogen (secondary N) is 1. The van der Waals surface area contributed by atoms with Crippen LogP contribution in [0.2, 0.25) is 0 Å². The molecule has 0 radical (unpaired) electrons. The zero-order valence-electron chi connectivity index (χ0n) is 11.0. The van der Waals surface area contributed by atoms with Crippen molar-refractivity contribution in [2.75, 3.05) is 12.4 Å². The number of halogens is 3. The zero-order valence-corrected chi connectivity index (χ0v) is 11.9. The molecule has 3 rings (SSSR count). The lowest BCUT2D eigenvalue weighted by Gasteiger charge is -2.06. The Hall–Kier alpha value is -2.28. The third kappa shape index (κ3) is 2.64. The number of aromatic nitrogens is 4. The van der Waals surface area contributed by atoms with Gasteiger partial charge in [0, 0.05) is 18.8 Å². The summed E-state index contributed by atoms with van der Waals surface area (Å²) in [5, 5.41) is 10.8. The van der Waals surface area contributed by atoms with Crippen LogP contribution in [0.3, 0.4) is 0 Å². The van der Waals surface area contributed by atoms with Crippen LogP contribution >= 0.6 is 12.4 Å². The Morgan fingerprint density at radius 2 is 1.90 bits per heavy atom. The molecular formula is C13H12ClF2N5. The van der Waals surface area contributed by atoms with E-state index in [9.17, 15) is 8.78 Å². The average molecular weight is 312 g/mol. The Labute approximate surface area is 125 Å². The second kappa shape index (κ2) is 6.01. The second-order valence-corrected chi connectivity index (χ2v) is 4.22. The van der Waals surface area contributed by atoms with E-state index in [4.69, 9.17) is 0 Å². The summed E-state index contributed by atoms with van der Waals surface area (Å²) in [5.74, 6) is -0.629. The molecular weight excluding hydrogens is 300 g/mol. The molecule has 2 aromatic heterocycles. The molecule has 0 saturated carbocycles. The van der Waals surface area contributed by atoms with Gasteiger partial charge in [0.2, 0.25) is 0 Å². The first kappa shape index (κ1) is 15.1. The summed E-state index contributed by atoms with van der Waals surface area (Å²) < 4.78 is 28.8. The minimum atomic E-state index is -0.600. The lowest BCUT2D eigenvalue weighted by Crippen LogP contribution is -2.06. The Kier molecular flexibility index (Phi) is 4.32. The third-order valence-corrected chi connectivity index (χ3v) is 3.04. The topological polar surface area (TPSA) is 55.6 Å². The Balaban J connectivity index is 0.00000161. The van der Waals surface area contributed by atoms with Crippen molar-refractivity contribution in [1.29, 1.82) is 0 Å². The van der Waals surface area contributed by atoms with E-state index in [2.05, 4.69) is 20.6 Å². The minimum Gasteiger partial charge on any atom is -0.371 e. The van der Waals surface area contributed by atoms with E-state index in [1.54, 1.807) is 19.3 Å². The molecule has 0 atom stereocenters. The van der Waals surface area contributed by atoms with Crippen LogP contribution in [-0.4, -0.2) is 27.0 Å². The molecule has 1 N–H and O–H groups in total. The molecule has 0 aliphatic rings. The van der Waals surface area contributed by atoms with Crippen molar-refractivity contribution in [2.24, 2.45) is 0 Å². The van der Waals surface area contributed by atoms with Gasteiger partial charge in [-0.15, -0.1) is 17.5 Å². The molecule has 0 fully saturated rings. The van der Waals surface area contributed by atoms with E-state index in [0.29, 0.717) is 16.9 Å². The van der Waals surface area contributed by atoms with E-state index in [0.717, 1.165) is 0 Å². The van der Waals surface area contributed by atoms with E-state index in [-0.39, 0.29) is 24.5 Å². The first-order valence-electron chi connectivity index (χ1n) is 5.99. The van der Waals surface area contributed by atoms with Gasteiger partial charge in [-0.3, -0.25) is 0 Å². The number of nitrogens with zero attached hydrogens (tertiary/aromatic N) is 4. The van der Waals surface area contributed by atoms with Crippen LogP contribution in [0.25, 0.3) is 11.0 Å². The maximum absolute atomic E-state index is 13.7. The molecule has 0 amide bonds. The fourth-order valence-corrected chi connectivity index (χ4v) is 2.03. The van der Waals surface area contributed by atoms with Gasteiger partial charge in [0.15, 0.2) is 11.3 Å². The molecule has 0 aliphatic carbocycles. The van der Waals surface area contributed by atoms with E-state index in [1.165, 1.54) is 22.9 Å². The Morgan fingerprint density at radius 3 is 2.57 bits per heavy atom. The molecule has 0 spiro atoms. The molecule has 5 nitrogen and oxygen atoms in total. The summed E-state index contributed by atoms with van der Waals surface area (Å²) in [6.07, 6.45) is 1.59. The first-order valence-corrected chi connectivity index (χ1v) is 5.99. The maximum atomic E-state index is 13.7. The highest BCUT2D eigenvalue weighted by molar-refractivity contribution is 5.85. The van der Waals surface area contributed by atoms with Crippen LogP contribution in [0, 0.1) is 11.6 Å². The normalized spacial score (nSPS) is 10.4. The molecule has 3 aromatic rings. The van der Waals surface area contributed by atoms with Crippen molar-refractivity contribution in [3.05, 3.63) is 47.7 Å². The second-order valence-electron chi connectivity index (χ2n) is 4.22. The van der Waals surface area contributed by atoms with Crippen LogP contribution in [0.15, 0.2) is 30.5 Å². The van der Waals surface area contributed by atoms with Crippen molar-refractivity contribution >= 4 is 29.3 Å². The molecule has 1 aromatic carbocycles. The molecule has 0 unspecified atom stereocenters. The van der Waals surface area contributed by atoms with Crippen LogP contribution in [0.1, 0.15) is 5.56 Å². The Bertz CT molecular complexity index is 754. The van der Waals surface area contributed by atoms with Gasteiger partial charge in [0.05, 0.1) is 12.1 Å². The summed E-state index contributed by atoms with van der Waals surface area (Å²) in [6.45, 7) is -0.0256. The third-order valence-electron chi connectivity index (χ3n) is 3.04. The molecule has 0 saturated heterocycles. The minimum absolute atomic E-state index is 0. The summed E-state index contributed by atoms with van der Waals surface area (Å²) in [6, 6.07) is 5.47. The molecule has 110 valence electrons. The quantitative estimate of drug-likeness (QED) is 0.808. The molecule has 2 heterocycles. The zero-order chi connectivity index (χ0) is 14.1. The smallest absolute Gasteiger partial charge is 0.155 e. The average Bonchev–Trinajstić information content (AvgIpc) is 2.86. The van der Waals surface area contributed by atoms with Crippen molar-refractivity contribution in [1.82, 2.24) is 20.0 Å².